The SMILES string of the molecule is CON=Cc1c(N)ncnc1Oc1ccc(Cc2ccccc2)cc1. The number of hydrogen-bond donors (Lipinski definition) is 1. The molecular weight excluding hydrogens is 316 g/mol. The van der Waals surface area contributed by atoms with Crippen molar-refractivity contribution < 1.29 is 9.57 Å². The van der Waals surface area contributed by atoms with Crippen molar-refractivity contribution in [3.63, 3.8) is 0 Å². The summed E-state index contributed by atoms with van der Waals surface area (Å²) in [5.74, 6) is 1.25. The van der Waals surface area contributed by atoms with Crippen LogP contribution in [0.3, 0.4) is 0 Å². The predicted molar refractivity (Wildman–Crippen MR) is 96.8 cm³/mol. The second-order valence-electron chi connectivity index (χ2n) is 5.30. The fourth-order valence-electron chi connectivity index (χ4n) is 2.32. The van der Waals surface area contributed by atoms with Gasteiger partial charge in [-0.15, -0.1) is 0 Å². The van der Waals surface area contributed by atoms with Gasteiger partial charge in [0.05, 0.1) is 6.21 Å². The number of nitrogens with zero attached hydrogens (tertiary/aromatic N) is 3. The zero-order chi connectivity index (χ0) is 17.5. The van der Waals surface area contributed by atoms with Crippen LogP contribution in [0.1, 0.15) is 16.7 Å². The minimum absolute atomic E-state index is 0.270. The molecule has 25 heavy (non-hydrogen) atoms. The van der Waals surface area contributed by atoms with Crippen molar-refractivity contribution in [2.75, 3.05) is 12.8 Å². The standard InChI is InChI=1S/C19H18N4O2/c1-24-23-12-17-18(20)21-13-22-19(17)25-16-9-7-15(8-10-16)11-14-5-3-2-4-6-14/h2-10,12-13H,11H2,1H3,(H2,20,21,22). The van der Waals surface area contributed by atoms with Gasteiger partial charge < -0.3 is 15.3 Å². The molecule has 0 spiro atoms. The van der Waals surface area contributed by atoms with E-state index in [1.165, 1.54) is 30.8 Å². The Hall–Kier alpha value is -3.41. The molecule has 2 aromatic carbocycles. The highest BCUT2D eigenvalue weighted by Gasteiger charge is 2.10. The molecule has 1 aromatic heterocycles. The number of anilines is 1. The van der Waals surface area contributed by atoms with E-state index in [1.54, 1.807) is 0 Å². The van der Waals surface area contributed by atoms with Gasteiger partial charge >= 0.3 is 0 Å². The zero-order valence-electron chi connectivity index (χ0n) is 13.8. The first-order chi connectivity index (χ1) is 12.3. The summed E-state index contributed by atoms with van der Waals surface area (Å²) in [4.78, 5) is 12.7. The first-order valence-corrected chi connectivity index (χ1v) is 7.74. The highest BCUT2D eigenvalue weighted by Crippen LogP contribution is 2.25. The average Bonchev–Trinajstić information content (AvgIpc) is 2.64. The number of nitrogens with two attached hydrogens (primary N) is 1. The Balaban J connectivity index is 1.76. The molecule has 2 N–H and O–H groups in total. The number of aromatic nitrogens is 2. The molecule has 0 aliphatic rings. The maximum Gasteiger partial charge on any atom is 0.233 e. The monoisotopic (exact) mass is 334 g/mol. The highest BCUT2D eigenvalue weighted by molar-refractivity contribution is 5.88. The van der Waals surface area contributed by atoms with Crippen LogP contribution in [-0.2, 0) is 11.3 Å². The number of hydrogen-bond acceptors (Lipinski definition) is 6. The Morgan fingerprint density at radius 3 is 2.44 bits per heavy atom. The summed E-state index contributed by atoms with van der Waals surface area (Å²) in [5, 5.41) is 3.70. The first kappa shape index (κ1) is 16.4. The molecule has 0 unspecified atom stereocenters. The Morgan fingerprint density at radius 2 is 1.72 bits per heavy atom. The number of rotatable bonds is 6. The molecule has 3 aromatic rings. The largest absolute Gasteiger partial charge is 0.438 e. The van der Waals surface area contributed by atoms with Crippen LogP contribution in [0.15, 0.2) is 66.1 Å². The molecule has 0 amide bonds. The Labute approximate surface area is 145 Å². The van der Waals surface area contributed by atoms with Crippen molar-refractivity contribution in [3.8, 4) is 11.6 Å². The van der Waals surface area contributed by atoms with Crippen LogP contribution in [0.4, 0.5) is 5.82 Å². The van der Waals surface area contributed by atoms with Gasteiger partial charge in [-0.1, -0.05) is 47.6 Å². The van der Waals surface area contributed by atoms with E-state index >= 15 is 0 Å². The van der Waals surface area contributed by atoms with E-state index in [0.717, 1.165) is 6.42 Å². The van der Waals surface area contributed by atoms with Crippen molar-refractivity contribution in [2.24, 2.45) is 5.16 Å². The lowest BCUT2D eigenvalue weighted by atomic mass is 10.1. The van der Waals surface area contributed by atoms with Gasteiger partial charge in [0.15, 0.2) is 0 Å². The maximum atomic E-state index is 5.85. The van der Waals surface area contributed by atoms with Crippen LogP contribution >= 0.6 is 0 Å². The molecule has 1 heterocycles. The average molecular weight is 334 g/mol. The summed E-state index contributed by atoms with van der Waals surface area (Å²) in [6, 6.07) is 18.1. The molecule has 0 fully saturated rings. The van der Waals surface area contributed by atoms with Gasteiger partial charge in [-0.25, -0.2) is 9.97 Å². The fourth-order valence-corrected chi connectivity index (χ4v) is 2.32. The Kier molecular flexibility index (Phi) is 5.21. The summed E-state index contributed by atoms with van der Waals surface area (Å²) in [6.07, 6.45) is 3.64. The van der Waals surface area contributed by atoms with Gasteiger partial charge in [0.1, 0.15) is 30.6 Å². The second kappa shape index (κ2) is 7.92. The summed E-state index contributed by atoms with van der Waals surface area (Å²) in [6.45, 7) is 0. The topological polar surface area (TPSA) is 82.6 Å². The summed E-state index contributed by atoms with van der Waals surface area (Å²) in [5.41, 5.74) is 8.78. The van der Waals surface area contributed by atoms with Gasteiger partial charge in [-0.05, 0) is 29.7 Å². The molecule has 0 bridgehead atoms. The van der Waals surface area contributed by atoms with Crippen LogP contribution in [0.25, 0.3) is 0 Å². The van der Waals surface area contributed by atoms with Crippen molar-refractivity contribution in [1.29, 1.82) is 0 Å². The lowest BCUT2D eigenvalue weighted by Gasteiger charge is -2.09. The Morgan fingerprint density at radius 1 is 1.00 bits per heavy atom. The minimum Gasteiger partial charge on any atom is -0.438 e. The number of oxime groups is 1. The van der Waals surface area contributed by atoms with Crippen LogP contribution < -0.4 is 10.5 Å². The van der Waals surface area contributed by atoms with Gasteiger partial charge in [-0.3, -0.25) is 0 Å². The molecule has 6 heteroatoms. The predicted octanol–water partition coefficient (Wildman–Crippen LogP) is 3.42. The van der Waals surface area contributed by atoms with Gasteiger partial charge in [0.25, 0.3) is 0 Å². The zero-order valence-corrected chi connectivity index (χ0v) is 13.8. The minimum atomic E-state index is 0.270. The van der Waals surface area contributed by atoms with Crippen LogP contribution in [0, 0.1) is 0 Å². The van der Waals surface area contributed by atoms with E-state index in [-0.39, 0.29) is 5.82 Å². The van der Waals surface area contributed by atoms with Crippen molar-refractivity contribution in [2.45, 2.75) is 6.42 Å². The second-order valence-corrected chi connectivity index (χ2v) is 5.30. The molecule has 6 nitrogen and oxygen atoms in total. The van der Waals surface area contributed by atoms with Gasteiger partial charge in [0, 0.05) is 0 Å². The third-order valence-electron chi connectivity index (χ3n) is 3.55. The molecule has 0 aliphatic carbocycles. The van der Waals surface area contributed by atoms with Crippen LogP contribution in [0.2, 0.25) is 0 Å². The lowest BCUT2D eigenvalue weighted by Crippen LogP contribution is -2.02. The lowest BCUT2D eigenvalue weighted by molar-refractivity contribution is 0.215. The molecular formula is C19H18N4O2. The molecule has 0 saturated carbocycles. The van der Waals surface area contributed by atoms with Gasteiger partial charge in [0.2, 0.25) is 5.88 Å². The molecule has 0 atom stereocenters. The van der Waals surface area contributed by atoms with Crippen LogP contribution in [-0.4, -0.2) is 23.3 Å². The van der Waals surface area contributed by atoms with Gasteiger partial charge in [-0.2, -0.15) is 0 Å². The van der Waals surface area contributed by atoms with E-state index < -0.39 is 0 Å². The van der Waals surface area contributed by atoms with Crippen molar-refractivity contribution >= 4 is 12.0 Å². The smallest absolute Gasteiger partial charge is 0.233 e. The van der Waals surface area contributed by atoms with Crippen LogP contribution in [0.5, 0.6) is 11.6 Å². The third kappa shape index (κ3) is 4.32. The molecule has 0 saturated heterocycles. The van der Waals surface area contributed by atoms with E-state index in [4.69, 9.17) is 10.5 Å². The summed E-state index contributed by atoms with van der Waals surface area (Å²) >= 11 is 0. The van der Waals surface area contributed by atoms with E-state index in [0.29, 0.717) is 17.2 Å². The Bertz CT molecular complexity index is 849. The quantitative estimate of drug-likeness (QED) is 0.552. The molecule has 126 valence electrons. The fraction of sp³-hybridized carbons (Fsp3) is 0.105. The number of ether oxygens (including phenoxy) is 1. The maximum absolute atomic E-state index is 5.85. The first-order valence-electron chi connectivity index (χ1n) is 7.74. The summed E-state index contributed by atoms with van der Waals surface area (Å²) in [7, 11) is 1.45. The number of benzene rings is 2. The molecule has 3 rings (SSSR count). The van der Waals surface area contributed by atoms with E-state index in [2.05, 4.69) is 32.1 Å². The van der Waals surface area contributed by atoms with Crippen molar-refractivity contribution in [3.05, 3.63) is 77.6 Å². The summed E-state index contributed by atoms with van der Waals surface area (Å²) < 4.78 is 5.81. The number of nitrogen functional groups attached to an aromatic ring is 1. The normalized spacial score (nSPS) is 10.8. The third-order valence-corrected chi connectivity index (χ3v) is 3.55. The van der Waals surface area contributed by atoms with E-state index in [9.17, 15) is 0 Å². The molecule has 0 aliphatic heterocycles. The highest BCUT2D eigenvalue weighted by atomic mass is 16.6. The van der Waals surface area contributed by atoms with Crippen molar-refractivity contribution in [1.82, 2.24) is 9.97 Å². The molecule has 0 radical (unpaired) electrons. The van der Waals surface area contributed by atoms with E-state index in [1.807, 2.05) is 42.5 Å².